The second-order valence-corrected chi connectivity index (χ2v) is 6.00. The fourth-order valence-electron chi connectivity index (χ4n) is 2.74. The quantitative estimate of drug-likeness (QED) is 0.745. The van der Waals surface area contributed by atoms with Gasteiger partial charge in [-0.05, 0) is 18.2 Å². The highest BCUT2D eigenvalue weighted by atomic mass is 19.1. The monoisotopic (exact) mass is 354 g/mol. The Morgan fingerprint density at radius 3 is 3.00 bits per heavy atom. The lowest BCUT2D eigenvalue weighted by Crippen LogP contribution is -2.48. The topological polar surface area (TPSA) is 97.0 Å². The number of hydrogen-bond acceptors (Lipinski definition) is 7. The number of nitrogens with zero attached hydrogens (tertiary/aromatic N) is 5. The van der Waals surface area contributed by atoms with Crippen LogP contribution >= 0.6 is 0 Å². The molecule has 1 amide bonds. The molecule has 0 saturated carbocycles. The molecule has 1 saturated heterocycles. The van der Waals surface area contributed by atoms with E-state index < -0.39 is 0 Å². The minimum absolute atomic E-state index is 0.0786. The summed E-state index contributed by atoms with van der Waals surface area (Å²) in [4.78, 5) is 26.4. The van der Waals surface area contributed by atoms with Crippen molar-refractivity contribution >= 4 is 11.6 Å². The molecule has 0 atom stereocenters. The van der Waals surface area contributed by atoms with Gasteiger partial charge in [0.2, 0.25) is 17.6 Å². The summed E-state index contributed by atoms with van der Waals surface area (Å²) in [5.41, 5.74) is 0.991. The van der Waals surface area contributed by atoms with E-state index in [1.807, 2.05) is 4.90 Å². The van der Waals surface area contributed by atoms with E-state index in [2.05, 4.69) is 25.4 Å². The summed E-state index contributed by atoms with van der Waals surface area (Å²) in [6.07, 6.45) is 4.70. The summed E-state index contributed by atoms with van der Waals surface area (Å²) >= 11 is 0. The second-order valence-electron chi connectivity index (χ2n) is 6.00. The molecule has 0 unspecified atom stereocenters. The molecule has 132 valence electrons. The number of likely N-dealkylation sites (tertiary alicyclic amines) is 1. The van der Waals surface area contributed by atoms with Crippen molar-refractivity contribution < 1.29 is 13.7 Å². The van der Waals surface area contributed by atoms with E-state index in [1.165, 1.54) is 12.1 Å². The highest BCUT2D eigenvalue weighted by Gasteiger charge is 2.33. The maximum atomic E-state index is 13.1. The van der Waals surface area contributed by atoms with Crippen LogP contribution in [0.3, 0.4) is 0 Å². The molecular weight excluding hydrogens is 339 g/mol. The van der Waals surface area contributed by atoms with Crippen molar-refractivity contribution in [2.24, 2.45) is 0 Å². The fraction of sp³-hybridized carbons (Fsp3) is 0.235. The van der Waals surface area contributed by atoms with Crippen LogP contribution in [-0.2, 0) is 4.79 Å². The van der Waals surface area contributed by atoms with Gasteiger partial charge in [-0.25, -0.2) is 9.37 Å². The smallest absolute Gasteiger partial charge is 0.238 e. The molecule has 2 aromatic heterocycles. The third kappa shape index (κ3) is 3.57. The van der Waals surface area contributed by atoms with Gasteiger partial charge < -0.3 is 9.84 Å². The molecule has 1 aromatic carbocycles. The summed E-state index contributed by atoms with van der Waals surface area (Å²) in [5, 5.41) is 6.59. The van der Waals surface area contributed by atoms with E-state index in [1.54, 1.807) is 30.7 Å². The summed E-state index contributed by atoms with van der Waals surface area (Å²) in [5.74, 6) is 0.416. The molecule has 3 heterocycles. The Morgan fingerprint density at radius 1 is 1.35 bits per heavy atom. The van der Waals surface area contributed by atoms with Gasteiger partial charge in [-0.1, -0.05) is 11.2 Å². The summed E-state index contributed by atoms with van der Waals surface area (Å²) < 4.78 is 18.4. The third-order valence-corrected chi connectivity index (χ3v) is 4.02. The molecule has 0 bridgehead atoms. The number of carbonyl (C=O) groups excluding carboxylic acids is 1. The van der Waals surface area contributed by atoms with Crippen LogP contribution in [0.25, 0.3) is 11.5 Å². The van der Waals surface area contributed by atoms with Crippen LogP contribution in [0, 0.1) is 5.82 Å². The fourth-order valence-corrected chi connectivity index (χ4v) is 2.74. The first kappa shape index (κ1) is 16.3. The molecule has 8 nitrogen and oxygen atoms in total. The van der Waals surface area contributed by atoms with Crippen LogP contribution in [-0.4, -0.2) is 50.5 Å². The maximum absolute atomic E-state index is 13.1. The predicted octanol–water partition coefficient (Wildman–Crippen LogP) is 1.70. The lowest BCUT2D eigenvalue weighted by molar-refractivity contribution is -0.118. The first-order valence-electron chi connectivity index (χ1n) is 8.05. The van der Waals surface area contributed by atoms with Gasteiger partial charge in [0, 0.05) is 31.2 Å². The third-order valence-electron chi connectivity index (χ3n) is 4.02. The van der Waals surface area contributed by atoms with E-state index in [0.29, 0.717) is 36.2 Å². The molecule has 0 radical (unpaired) electrons. The molecule has 0 aliphatic carbocycles. The van der Waals surface area contributed by atoms with Gasteiger partial charge >= 0.3 is 0 Å². The molecule has 1 aliphatic heterocycles. The van der Waals surface area contributed by atoms with Crippen molar-refractivity contribution in [1.82, 2.24) is 25.0 Å². The van der Waals surface area contributed by atoms with Crippen LogP contribution < -0.4 is 5.32 Å². The van der Waals surface area contributed by atoms with Crippen LogP contribution in [0.4, 0.5) is 10.1 Å². The largest absolute Gasteiger partial charge is 0.339 e. The Hall–Kier alpha value is -3.20. The Morgan fingerprint density at radius 2 is 2.23 bits per heavy atom. The number of anilines is 1. The van der Waals surface area contributed by atoms with Gasteiger partial charge in [-0.2, -0.15) is 4.98 Å². The van der Waals surface area contributed by atoms with E-state index in [-0.39, 0.29) is 24.2 Å². The number of halogens is 1. The van der Waals surface area contributed by atoms with Gasteiger partial charge in [0.1, 0.15) is 11.5 Å². The molecule has 0 spiro atoms. The Bertz CT molecular complexity index is 910. The normalized spacial score (nSPS) is 14.8. The van der Waals surface area contributed by atoms with Crippen LogP contribution in [0.5, 0.6) is 0 Å². The molecule has 1 fully saturated rings. The molecule has 9 heteroatoms. The van der Waals surface area contributed by atoms with Gasteiger partial charge in [0.05, 0.1) is 18.7 Å². The van der Waals surface area contributed by atoms with E-state index in [9.17, 15) is 9.18 Å². The zero-order chi connectivity index (χ0) is 17.9. The predicted molar refractivity (Wildman–Crippen MR) is 89.5 cm³/mol. The molecular formula is C17H15FN6O2. The highest BCUT2D eigenvalue weighted by Crippen LogP contribution is 2.26. The number of nitrogens with one attached hydrogen (secondary N) is 1. The SMILES string of the molecule is O=C(CN1CC(c2nc(-c3cnccn3)no2)C1)Nc1cccc(F)c1. The van der Waals surface area contributed by atoms with Crippen LogP contribution in [0.1, 0.15) is 11.8 Å². The summed E-state index contributed by atoms with van der Waals surface area (Å²) in [6, 6.07) is 5.81. The van der Waals surface area contributed by atoms with Gasteiger partial charge in [-0.3, -0.25) is 14.7 Å². The average Bonchev–Trinajstić information content (AvgIpc) is 3.08. The van der Waals surface area contributed by atoms with Gasteiger partial charge in [0.15, 0.2) is 0 Å². The van der Waals surface area contributed by atoms with Crippen molar-refractivity contribution in [3.8, 4) is 11.5 Å². The van der Waals surface area contributed by atoms with E-state index >= 15 is 0 Å². The molecule has 3 aromatic rings. The standard InChI is InChI=1S/C17H15FN6O2/c18-12-2-1-3-13(6-12)21-15(25)10-24-8-11(9-24)17-22-16(23-26-17)14-7-19-4-5-20-14/h1-7,11H,8-10H2,(H,21,25). The average molecular weight is 354 g/mol. The Balaban J connectivity index is 1.29. The maximum Gasteiger partial charge on any atom is 0.238 e. The minimum Gasteiger partial charge on any atom is -0.339 e. The van der Waals surface area contributed by atoms with Gasteiger partial charge in [-0.15, -0.1) is 0 Å². The van der Waals surface area contributed by atoms with E-state index in [0.717, 1.165) is 0 Å². The Labute approximate surface area is 148 Å². The lowest BCUT2D eigenvalue weighted by atomic mass is 10.0. The van der Waals surface area contributed by atoms with Crippen molar-refractivity contribution in [1.29, 1.82) is 0 Å². The number of benzene rings is 1. The highest BCUT2D eigenvalue weighted by molar-refractivity contribution is 5.92. The second kappa shape index (κ2) is 6.96. The lowest BCUT2D eigenvalue weighted by Gasteiger charge is -2.36. The number of rotatable bonds is 5. The van der Waals surface area contributed by atoms with Crippen molar-refractivity contribution in [3.63, 3.8) is 0 Å². The van der Waals surface area contributed by atoms with Crippen molar-refractivity contribution in [3.05, 3.63) is 54.6 Å². The number of carbonyl (C=O) groups is 1. The van der Waals surface area contributed by atoms with Crippen LogP contribution in [0.15, 0.2) is 47.4 Å². The number of amides is 1. The zero-order valence-corrected chi connectivity index (χ0v) is 13.7. The molecule has 1 N–H and O–H groups in total. The number of aromatic nitrogens is 4. The van der Waals surface area contributed by atoms with E-state index in [4.69, 9.17) is 4.52 Å². The minimum atomic E-state index is -0.387. The Kier molecular flexibility index (Phi) is 4.36. The first-order valence-corrected chi connectivity index (χ1v) is 8.05. The van der Waals surface area contributed by atoms with Crippen LogP contribution in [0.2, 0.25) is 0 Å². The van der Waals surface area contributed by atoms with Gasteiger partial charge in [0.25, 0.3) is 0 Å². The summed E-state index contributed by atoms with van der Waals surface area (Å²) in [6.45, 7) is 1.50. The van der Waals surface area contributed by atoms with Crippen molar-refractivity contribution in [2.45, 2.75) is 5.92 Å². The van der Waals surface area contributed by atoms with Crippen molar-refractivity contribution in [2.75, 3.05) is 25.0 Å². The zero-order valence-electron chi connectivity index (χ0n) is 13.7. The molecule has 1 aliphatic rings. The molecule has 4 rings (SSSR count). The molecule has 26 heavy (non-hydrogen) atoms. The first-order chi connectivity index (χ1) is 12.7. The number of hydrogen-bond donors (Lipinski definition) is 1. The summed E-state index contributed by atoms with van der Waals surface area (Å²) in [7, 11) is 0.